The second-order valence-corrected chi connectivity index (χ2v) is 6.01. The molecule has 2 N–H and O–H groups in total. The molecular weight excluding hydrogens is 292 g/mol. The molecule has 1 aliphatic heterocycles. The predicted octanol–water partition coefficient (Wildman–Crippen LogP) is 1.36. The van der Waals surface area contributed by atoms with Crippen LogP contribution in [0.5, 0.6) is 0 Å². The predicted molar refractivity (Wildman–Crippen MR) is 88.8 cm³/mol. The fraction of sp³-hybridized carbons (Fsp3) is 0.556. The number of aryl methyl sites for hydroxylation is 1. The summed E-state index contributed by atoms with van der Waals surface area (Å²) in [7, 11) is 0. The third-order valence-corrected chi connectivity index (χ3v) is 4.32. The van der Waals surface area contributed by atoms with Crippen LogP contribution in [0.4, 0.5) is 0 Å². The Hall–Kier alpha value is -1.88. The fourth-order valence-corrected chi connectivity index (χ4v) is 2.88. The minimum absolute atomic E-state index is 0.00753. The smallest absolute Gasteiger partial charge is 0.223 e. The van der Waals surface area contributed by atoms with Crippen molar-refractivity contribution in [2.24, 2.45) is 5.92 Å². The van der Waals surface area contributed by atoms with Gasteiger partial charge in [-0.3, -0.25) is 9.59 Å². The molecule has 2 rings (SSSR count). The van der Waals surface area contributed by atoms with Crippen molar-refractivity contribution < 1.29 is 14.7 Å². The minimum atomic E-state index is -0.00753. The van der Waals surface area contributed by atoms with Gasteiger partial charge in [-0.15, -0.1) is 0 Å². The Balaban J connectivity index is 1.69. The summed E-state index contributed by atoms with van der Waals surface area (Å²) in [6.07, 6.45) is 3.32. The van der Waals surface area contributed by atoms with Crippen LogP contribution in [0.2, 0.25) is 0 Å². The molecule has 1 heterocycles. The number of amides is 2. The molecule has 0 saturated carbocycles. The minimum Gasteiger partial charge on any atom is -0.396 e. The molecule has 5 heteroatoms. The van der Waals surface area contributed by atoms with Crippen molar-refractivity contribution in [3.05, 3.63) is 35.9 Å². The van der Waals surface area contributed by atoms with E-state index in [-0.39, 0.29) is 24.3 Å². The van der Waals surface area contributed by atoms with Gasteiger partial charge in [-0.1, -0.05) is 30.3 Å². The number of aliphatic hydroxyl groups is 1. The van der Waals surface area contributed by atoms with Gasteiger partial charge in [-0.05, 0) is 31.2 Å². The number of rotatable bonds is 7. The zero-order chi connectivity index (χ0) is 16.5. The van der Waals surface area contributed by atoms with E-state index in [4.69, 9.17) is 5.11 Å². The molecule has 23 heavy (non-hydrogen) atoms. The number of likely N-dealkylation sites (tertiary alicyclic amines) is 1. The zero-order valence-electron chi connectivity index (χ0n) is 13.5. The van der Waals surface area contributed by atoms with Crippen LogP contribution >= 0.6 is 0 Å². The molecule has 0 bridgehead atoms. The van der Waals surface area contributed by atoms with E-state index in [1.54, 1.807) is 0 Å². The van der Waals surface area contributed by atoms with E-state index in [0.29, 0.717) is 32.5 Å². The van der Waals surface area contributed by atoms with Crippen molar-refractivity contribution in [2.45, 2.75) is 32.1 Å². The van der Waals surface area contributed by atoms with Gasteiger partial charge in [0.1, 0.15) is 0 Å². The van der Waals surface area contributed by atoms with Crippen molar-refractivity contribution >= 4 is 11.8 Å². The van der Waals surface area contributed by atoms with Gasteiger partial charge in [0.05, 0.1) is 0 Å². The van der Waals surface area contributed by atoms with Crippen molar-refractivity contribution in [2.75, 3.05) is 26.2 Å². The monoisotopic (exact) mass is 318 g/mol. The summed E-state index contributed by atoms with van der Waals surface area (Å²) in [5.41, 5.74) is 1.18. The molecule has 1 aromatic rings. The SMILES string of the molecule is O=C(NCCCO)C1CCN(C(=O)CCc2ccccc2)CC1. The van der Waals surface area contributed by atoms with Crippen LogP contribution in [-0.2, 0) is 16.0 Å². The molecule has 0 aromatic heterocycles. The lowest BCUT2D eigenvalue weighted by Gasteiger charge is -2.31. The van der Waals surface area contributed by atoms with Crippen LogP contribution in [0.3, 0.4) is 0 Å². The molecule has 0 unspecified atom stereocenters. The van der Waals surface area contributed by atoms with Crippen molar-refractivity contribution in [1.82, 2.24) is 10.2 Å². The summed E-state index contributed by atoms with van der Waals surface area (Å²) in [6, 6.07) is 10.0. The first-order valence-electron chi connectivity index (χ1n) is 8.41. The van der Waals surface area contributed by atoms with Crippen molar-refractivity contribution in [1.29, 1.82) is 0 Å². The molecule has 126 valence electrons. The van der Waals surface area contributed by atoms with Gasteiger partial charge >= 0.3 is 0 Å². The fourth-order valence-electron chi connectivity index (χ4n) is 2.88. The van der Waals surface area contributed by atoms with Crippen molar-refractivity contribution in [3.63, 3.8) is 0 Å². The maximum atomic E-state index is 12.3. The normalized spacial score (nSPS) is 15.4. The largest absolute Gasteiger partial charge is 0.396 e. The van der Waals surface area contributed by atoms with Crippen LogP contribution < -0.4 is 5.32 Å². The quantitative estimate of drug-likeness (QED) is 0.746. The second kappa shape index (κ2) is 9.30. The Kier molecular flexibility index (Phi) is 7.07. The van der Waals surface area contributed by atoms with E-state index in [2.05, 4.69) is 5.32 Å². The van der Waals surface area contributed by atoms with E-state index in [1.165, 1.54) is 5.56 Å². The number of aliphatic hydroxyl groups excluding tert-OH is 1. The number of carbonyl (C=O) groups excluding carboxylic acids is 2. The summed E-state index contributed by atoms with van der Waals surface area (Å²) in [6.45, 7) is 1.93. The number of hydrogen-bond donors (Lipinski definition) is 2. The number of carbonyl (C=O) groups is 2. The first-order valence-corrected chi connectivity index (χ1v) is 8.41. The average molecular weight is 318 g/mol. The number of piperidine rings is 1. The number of nitrogens with zero attached hydrogens (tertiary/aromatic N) is 1. The standard InChI is InChI=1S/C18H26N2O3/c21-14-4-11-19-18(23)16-9-12-20(13-10-16)17(22)8-7-15-5-2-1-3-6-15/h1-3,5-6,16,21H,4,7-14H2,(H,19,23). The van der Waals surface area contributed by atoms with Gasteiger partial charge in [0.15, 0.2) is 0 Å². The molecule has 1 saturated heterocycles. The van der Waals surface area contributed by atoms with Gasteiger partial charge in [-0.2, -0.15) is 0 Å². The van der Waals surface area contributed by atoms with E-state index in [9.17, 15) is 9.59 Å². The summed E-state index contributed by atoms with van der Waals surface area (Å²) in [4.78, 5) is 26.1. The highest BCUT2D eigenvalue weighted by Crippen LogP contribution is 2.18. The molecule has 1 aliphatic rings. The first-order chi connectivity index (χ1) is 11.2. The number of hydrogen-bond acceptors (Lipinski definition) is 3. The topological polar surface area (TPSA) is 69.6 Å². The first kappa shape index (κ1) is 17.5. The molecule has 1 aromatic carbocycles. The Morgan fingerprint density at radius 2 is 1.87 bits per heavy atom. The number of benzene rings is 1. The summed E-state index contributed by atoms with van der Waals surface area (Å²) in [5, 5.41) is 11.6. The van der Waals surface area contributed by atoms with Gasteiger partial charge in [-0.25, -0.2) is 0 Å². The Morgan fingerprint density at radius 3 is 2.52 bits per heavy atom. The Bertz CT molecular complexity index is 496. The van der Waals surface area contributed by atoms with Crippen LogP contribution in [0.15, 0.2) is 30.3 Å². The van der Waals surface area contributed by atoms with Gasteiger partial charge in [0.2, 0.25) is 11.8 Å². The van der Waals surface area contributed by atoms with E-state index in [0.717, 1.165) is 19.3 Å². The molecule has 2 amide bonds. The van der Waals surface area contributed by atoms with E-state index >= 15 is 0 Å². The molecule has 0 radical (unpaired) electrons. The lowest BCUT2D eigenvalue weighted by atomic mass is 9.95. The summed E-state index contributed by atoms with van der Waals surface area (Å²) < 4.78 is 0. The van der Waals surface area contributed by atoms with Crippen LogP contribution in [0.1, 0.15) is 31.2 Å². The molecule has 0 aliphatic carbocycles. The second-order valence-electron chi connectivity index (χ2n) is 6.01. The third kappa shape index (κ3) is 5.67. The van der Waals surface area contributed by atoms with Crippen molar-refractivity contribution in [3.8, 4) is 0 Å². The molecule has 5 nitrogen and oxygen atoms in total. The Labute approximate surface area is 137 Å². The highest BCUT2D eigenvalue weighted by atomic mass is 16.3. The lowest BCUT2D eigenvalue weighted by Crippen LogP contribution is -2.43. The summed E-state index contributed by atoms with van der Waals surface area (Å²) >= 11 is 0. The van der Waals surface area contributed by atoms with E-state index < -0.39 is 0 Å². The van der Waals surface area contributed by atoms with Crippen LogP contribution in [0.25, 0.3) is 0 Å². The van der Waals surface area contributed by atoms with Gasteiger partial charge in [0, 0.05) is 38.6 Å². The van der Waals surface area contributed by atoms with Crippen LogP contribution in [-0.4, -0.2) is 48.1 Å². The third-order valence-electron chi connectivity index (χ3n) is 4.32. The molecule has 1 fully saturated rings. The maximum absolute atomic E-state index is 12.3. The number of nitrogens with one attached hydrogen (secondary N) is 1. The molecule has 0 atom stereocenters. The van der Waals surface area contributed by atoms with E-state index in [1.807, 2.05) is 35.2 Å². The Morgan fingerprint density at radius 1 is 1.17 bits per heavy atom. The van der Waals surface area contributed by atoms with Gasteiger partial charge < -0.3 is 15.3 Å². The highest BCUT2D eigenvalue weighted by Gasteiger charge is 2.26. The highest BCUT2D eigenvalue weighted by molar-refractivity contribution is 5.80. The van der Waals surface area contributed by atoms with Crippen LogP contribution in [0, 0.1) is 5.92 Å². The zero-order valence-corrected chi connectivity index (χ0v) is 13.5. The lowest BCUT2D eigenvalue weighted by molar-refractivity contribution is -0.135. The maximum Gasteiger partial charge on any atom is 0.223 e. The average Bonchev–Trinajstić information content (AvgIpc) is 2.61. The summed E-state index contributed by atoms with van der Waals surface area (Å²) in [5.74, 6) is 0.217. The molecular formula is C18H26N2O3. The molecule has 0 spiro atoms. The van der Waals surface area contributed by atoms with Gasteiger partial charge in [0.25, 0.3) is 0 Å².